The quantitative estimate of drug-likeness (QED) is 0.592. The molecule has 0 amide bonds. The molecular weight excluding hydrogens is 190 g/mol. The lowest BCUT2D eigenvalue weighted by atomic mass is 10.1. The first kappa shape index (κ1) is 11.3. The molecule has 78 valence electrons. The van der Waals surface area contributed by atoms with E-state index in [1.54, 1.807) is 31.2 Å². The average Bonchev–Trinajstić information content (AvgIpc) is 2.27. The average molecular weight is 203 g/mol. The van der Waals surface area contributed by atoms with Crippen molar-refractivity contribution in [3.63, 3.8) is 0 Å². The second-order valence-corrected chi connectivity index (χ2v) is 2.88. The summed E-state index contributed by atoms with van der Waals surface area (Å²) in [5.74, 6) is 5.33. The van der Waals surface area contributed by atoms with Gasteiger partial charge < -0.3 is 10.5 Å². The van der Waals surface area contributed by atoms with Crippen molar-refractivity contribution in [3.8, 4) is 11.8 Å². The van der Waals surface area contributed by atoms with Crippen LogP contribution in [0.2, 0.25) is 0 Å². The summed E-state index contributed by atoms with van der Waals surface area (Å²) in [4.78, 5) is 11.4. The molecule has 15 heavy (non-hydrogen) atoms. The largest absolute Gasteiger partial charge is 0.461 e. The van der Waals surface area contributed by atoms with Crippen LogP contribution in [-0.2, 0) is 4.74 Å². The van der Waals surface area contributed by atoms with Gasteiger partial charge in [-0.2, -0.15) is 0 Å². The number of ether oxygens (including phenoxy) is 1. The Balaban J connectivity index is 2.69. The van der Waals surface area contributed by atoms with Gasteiger partial charge in [0.25, 0.3) is 0 Å². The molecule has 0 spiro atoms. The van der Waals surface area contributed by atoms with Crippen LogP contribution in [0.1, 0.15) is 22.8 Å². The van der Waals surface area contributed by atoms with E-state index in [-0.39, 0.29) is 12.6 Å². The van der Waals surface area contributed by atoms with Gasteiger partial charge in [0.15, 0.2) is 0 Å². The second-order valence-electron chi connectivity index (χ2n) is 2.88. The van der Waals surface area contributed by atoms with Crippen molar-refractivity contribution in [2.75, 3.05) is 13.2 Å². The summed E-state index contributed by atoms with van der Waals surface area (Å²) in [6, 6.07) is 6.96. The minimum absolute atomic E-state index is 0.245. The first-order valence-corrected chi connectivity index (χ1v) is 4.68. The third-order valence-corrected chi connectivity index (χ3v) is 1.74. The van der Waals surface area contributed by atoms with E-state index in [1.165, 1.54) is 0 Å². The summed E-state index contributed by atoms with van der Waals surface area (Å²) < 4.78 is 4.88. The van der Waals surface area contributed by atoms with E-state index < -0.39 is 0 Å². The predicted octanol–water partition coefficient (Wildman–Crippen LogP) is 1.17. The van der Waals surface area contributed by atoms with E-state index in [1.807, 2.05) is 0 Å². The molecule has 1 rings (SSSR count). The van der Waals surface area contributed by atoms with E-state index >= 15 is 0 Å². The van der Waals surface area contributed by atoms with E-state index in [2.05, 4.69) is 11.8 Å². The fourth-order valence-corrected chi connectivity index (χ4v) is 1.07. The molecule has 2 N–H and O–H groups in total. The molecule has 3 nitrogen and oxygen atoms in total. The zero-order valence-electron chi connectivity index (χ0n) is 8.62. The summed E-state index contributed by atoms with van der Waals surface area (Å²) >= 11 is 0. The van der Waals surface area contributed by atoms with Crippen LogP contribution in [-0.4, -0.2) is 19.1 Å². The number of benzene rings is 1. The van der Waals surface area contributed by atoms with Crippen LogP contribution in [0.15, 0.2) is 24.3 Å². The molecule has 0 atom stereocenters. The number of nitrogens with two attached hydrogens (primary N) is 1. The molecule has 0 aromatic heterocycles. The standard InChI is InChI=1S/C12H13NO2/c1-2-3-10-4-6-11(7-5-10)12(14)15-9-8-13/h4-7H,8-9,13H2,1H3. The van der Waals surface area contributed by atoms with Gasteiger partial charge in [-0.15, -0.1) is 5.92 Å². The lowest BCUT2D eigenvalue weighted by molar-refractivity contribution is 0.0517. The van der Waals surface area contributed by atoms with Gasteiger partial charge in [0.1, 0.15) is 6.61 Å². The predicted molar refractivity (Wildman–Crippen MR) is 58.3 cm³/mol. The molecule has 3 heteroatoms. The first-order chi connectivity index (χ1) is 7.27. The lowest BCUT2D eigenvalue weighted by Gasteiger charge is -2.02. The molecule has 0 bridgehead atoms. The minimum atomic E-state index is -0.351. The Hall–Kier alpha value is -1.79. The summed E-state index contributed by atoms with van der Waals surface area (Å²) in [7, 11) is 0. The van der Waals surface area contributed by atoms with Crippen LogP contribution < -0.4 is 5.73 Å². The van der Waals surface area contributed by atoms with Gasteiger partial charge in [-0.05, 0) is 31.2 Å². The van der Waals surface area contributed by atoms with E-state index in [4.69, 9.17) is 10.5 Å². The Morgan fingerprint density at radius 2 is 2.07 bits per heavy atom. The Kier molecular flexibility index (Phi) is 4.39. The highest BCUT2D eigenvalue weighted by molar-refractivity contribution is 5.89. The van der Waals surface area contributed by atoms with Crippen molar-refractivity contribution >= 4 is 5.97 Å². The van der Waals surface area contributed by atoms with Gasteiger partial charge in [0, 0.05) is 12.1 Å². The van der Waals surface area contributed by atoms with Crippen molar-refractivity contribution < 1.29 is 9.53 Å². The van der Waals surface area contributed by atoms with E-state index in [9.17, 15) is 4.79 Å². The van der Waals surface area contributed by atoms with Crippen LogP contribution in [0.25, 0.3) is 0 Å². The number of esters is 1. The molecule has 1 aromatic rings. The molecule has 0 heterocycles. The third-order valence-electron chi connectivity index (χ3n) is 1.74. The van der Waals surface area contributed by atoms with Gasteiger partial charge in [0.2, 0.25) is 0 Å². The molecule has 0 saturated heterocycles. The Morgan fingerprint density at radius 3 is 2.60 bits per heavy atom. The van der Waals surface area contributed by atoms with E-state index in [0.29, 0.717) is 12.1 Å². The second kappa shape index (κ2) is 5.84. The summed E-state index contributed by atoms with van der Waals surface area (Å²) in [6.45, 7) is 2.35. The molecule has 0 unspecified atom stereocenters. The van der Waals surface area contributed by atoms with Crippen LogP contribution in [0.3, 0.4) is 0 Å². The SMILES string of the molecule is CC#Cc1ccc(C(=O)OCCN)cc1. The molecule has 0 saturated carbocycles. The van der Waals surface area contributed by atoms with Crippen LogP contribution in [0, 0.1) is 11.8 Å². The number of carbonyl (C=O) groups is 1. The number of carbonyl (C=O) groups excluding carboxylic acids is 1. The number of hydrogen-bond acceptors (Lipinski definition) is 3. The topological polar surface area (TPSA) is 52.3 Å². The van der Waals surface area contributed by atoms with Gasteiger partial charge in [-0.1, -0.05) is 5.92 Å². The molecule has 0 fully saturated rings. The highest BCUT2D eigenvalue weighted by Crippen LogP contribution is 2.04. The van der Waals surface area contributed by atoms with Crippen LogP contribution in [0.5, 0.6) is 0 Å². The van der Waals surface area contributed by atoms with Crippen molar-refractivity contribution in [2.24, 2.45) is 5.73 Å². The zero-order chi connectivity index (χ0) is 11.1. The maximum atomic E-state index is 11.4. The number of rotatable bonds is 3. The zero-order valence-corrected chi connectivity index (χ0v) is 8.62. The highest BCUT2D eigenvalue weighted by atomic mass is 16.5. The first-order valence-electron chi connectivity index (χ1n) is 4.68. The summed E-state index contributed by atoms with van der Waals surface area (Å²) in [5.41, 5.74) is 6.62. The third kappa shape index (κ3) is 3.45. The van der Waals surface area contributed by atoms with Gasteiger partial charge in [-0.3, -0.25) is 0 Å². The maximum absolute atomic E-state index is 11.4. The number of hydrogen-bond donors (Lipinski definition) is 1. The lowest BCUT2D eigenvalue weighted by Crippen LogP contribution is -2.13. The molecule has 0 aliphatic carbocycles. The normalized spacial score (nSPS) is 8.93. The monoisotopic (exact) mass is 203 g/mol. The molecule has 0 aliphatic rings. The summed E-state index contributed by atoms with van der Waals surface area (Å²) in [6.07, 6.45) is 0. The molecular formula is C12H13NO2. The summed E-state index contributed by atoms with van der Waals surface area (Å²) in [5, 5.41) is 0. The van der Waals surface area contributed by atoms with Gasteiger partial charge >= 0.3 is 5.97 Å². The molecule has 0 radical (unpaired) electrons. The fourth-order valence-electron chi connectivity index (χ4n) is 1.07. The Labute approximate surface area is 89.2 Å². The van der Waals surface area contributed by atoms with E-state index in [0.717, 1.165) is 5.56 Å². The van der Waals surface area contributed by atoms with Crippen molar-refractivity contribution in [2.45, 2.75) is 6.92 Å². The van der Waals surface area contributed by atoms with Gasteiger partial charge in [-0.25, -0.2) is 4.79 Å². The smallest absolute Gasteiger partial charge is 0.338 e. The van der Waals surface area contributed by atoms with Crippen LogP contribution in [0.4, 0.5) is 0 Å². The van der Waals surface area contributed by atoms with Crippen molar-refractivity contribution in [3.05, 3.63) is 35.4 Å². The Morgan fingerprint density at radius 1 is 1.40 bits per heavy atom. The van der Waals surface area contributed by atoms with Crippen molar-refractivity contribution in [1.82, 2.24) is 0 Å². The fraction of sp³-hybridized carbons (Fsp3) is 0.250. The highest BCUT2D eigenvalue weighted by Gasteiger charge is 2.05. The molecule has 0 aliphatic heterocycles. The maximum Gasteiger partial charge on any atom is 0.338 e. The van der Waals surface area contributed by atoms with Crippen LogP contribution >= 0.6 is 0 Å². The van der Waals surface area contributed by atoms with Gasteiger partial charge in [0.05, 0.1) is 5.56 Å². The Bertz CT molecular complexity index is 384. The molecule has 1 aromatic carbocycles. The van der Waals surface area contributed by atoms with Crippen molar-refractivity contribution in [1.29, 1.82) is 0 Å². The minimum Gasteiger partial charge on any atom is -0.461 e.